The summed E-state index contributed by atoms with van der Waals surface area (Å²) in [6.07, 6.45) is 4.12. The summed E-state index contributed by atoms with van der Waals surface area (Å²) in [5.41, 5.74) is 5.66. The Balaban J connectivity index is 1.46. The molecule has 2 aliphatic heterocycles. The molecular formula is C29H36N4O3. The van der Waals surface area contributed by atoms with Crippen LogP contribution in [-0.4, -0.2) is 58.0 Å². The molecule has 0 radical (unpaired) electrons. The summed E-state index contributed by atoms with van der Waals surface area (Å²) in [4.78, 5) is 18.8. The van der Waals surface area contributed by atoms with E-state index in [1.807, 2.05) is 21.7 Å². The molecule has 0 saturated carbocycles. The number of carbonyl (C=O) groups is 1. The zero-order valence-corrected chi connectivity index (χ0v) is 21.8. The van der Waals surface area contributed by atoms with Gasteiger partial charge in [-0.25, -0.2) is 9.67 Å². The predicted octanol–water partition coefficient (Wildman–Crippen LogP) is 5.14. The number of rotatable bonds is 6. The van der Waals surface area contributed by atoms with Crippen molar-refractivity contribution in [2.24, 2.45) is 0 Å². The van der Waals surface area contributed by atoms with Crippen molar-refractivity contribution in [1.29, 1.82) is 0 Å². The molecule has 0 aliphatic carbocycles. The largest absolute Gasteiger partial charge is 0.491 e. The van der Waals surface area contributed by atoms with Crippen molar-refractivity contribution in [3.05, 3.63) is 58.9 Å². The highest BCUT2D eigenvalue weighted by Gasteiger charge is 2.27. The average molecular weight is 489 g/mol. The first kappa shape index (κ1) is 24.5. The molecule has 2 saturated heterocycles. The fourth-order valence-corrected chi connectivity index (χ4v) is 5.47. The molecule has 0 bridgehead atoms. The van der Waals surface area contributed by atoms with Crippen molar-refractivity contribution >= 4 is 5.91 Å². The van der Waals surface area contributed by atoms with E-state index in [1.54, 1.807) is 6.92 Å². The van der Waals surface area contributed by atoms with Crippen molar-refractivity contribution in [1.82, 2.24) is 19.7 Å². The average Bonchev–Trinajstić information content (AvgIpc) is 3.53. The maximum absolute atomic E-state index is 11.8. The third kappa shape index (κ3) is 5.16. The lowest BCUT2D eigenvalue weighted by atomic mass is 9.96. The lowest BCUT2D eigenvalue weighted by molar-refractivity contribution is -0.129. The van der Waals surface area contributed by atoms with Gasteiger partial charge < -0.3 is 14.4 Å². The number of aryl methyl sites for hydroxylation is 3. The van der Waals surface area contributed by atoms with Crippen LogP contribution in [0.1, 0.15) is 61.0 Å². The minimum Gasteiger partial charge on any atom is -0.491 e. The number of nitrogens with zero attached hydrogens (tertiary/aromatic N) is 4. The highest BCUT2D eigenvalue weighted by atomic mass is 16.5. The topological polar surface area (TPSA) is 69.5 Å². The number of amides is 1. The number of hydrogen-bond acceptors (Lipinski definition) is 5. The molecule has 7 heteroatoms. The van der Waals surface area contributed by atoms with Crippen LogP contribution in [0.15, 0.2) is 36.4 Å². The minimum atomic E-state index is 0.139. The SMILES string of the molecule is CC(=O)N1CCC(c2nc(-c3ccc(OCC4CCCO4)cc3)n(-c3c(C)cc(C)cc3C)n2)CC1. The van der Waals surface area contributed by atoms with Crippen LogP contribution in [0.5, 0.6) is 5.75 Å². The third-order valence-corrected chi connectivity index (χ3v) is 7.35. The molecule has 1 amide bonds. The Morgan fingerprint density at radius 3 is 2.36 bits per heavy atom. The van der Waals surface area contributed by atoms with Gasteiger partial charge in [-0.3, -0.25) is 4.79 Å². The molecule has 0 N–H and O–H groups in total. The summed E-state index contributed by atoms with van der Waals surface area (Å²) in [7, 11) is 0. The molecule has 1 unspecified atom stereocenters. The van der Waals surface area contributed by atoms with Gasteiger partial charge in [-0.15, -0.1) is 0 Å². The number of piperidine rings is 1. The second kappa shape index (κ2) is 10.4. The van der Waals surface area contributed by atoms with Crippen LogP contribution in [0.2, 0.25) is 0 Å². The Labute approximate surface area is 213 Å². The summed E-state index contributed by atoms with van der Waals surface area (Å²) < 4.78 is 13.7. The van der Waals surface area contributed by atoms with Gasteiger partial charge in [0.1, 0.15) is 12.4 Å². The van der Waals surface area contributed by atoms with E-state index in [2.05, 4.69) is 45.0 Å². The van der Waals surface area contributed by atoms with Crippen LogP contribution in [0, 0.1) is 20.8 Å². The fraction of sp³-hybridized carbons (Fsp3) is 0.483. The Hall–Kier alpha value is -3.19. The molecule has 2 aliphatic rings. The number of benzene rings is 2. The summed E-state index contributed by atoms with van der Waals surface area (Å²) >= 11 is 0. The highest BCUT2D eigenvalue weighted by molar-refractivity contribution is 5.73. The van der Waals surface area contributed by atoms with Gasteiger partial charge in [0.15, 0.2) is 11.6 Å². The molecule has 2 fully saturated rings. The molecule has 2 aromatic carbocycles. The Bertz CT molecular complexity index is 1200. The second-order valence-corrected chi connectivity index (χ2v) is 10.2. The molecular weight excluding hydrogens is 452 g/mol. The molecule has 3 aromatic rings. The van der Waals surface area contributed by atoms with Gasteiger partial charge in [-0.05, 0) is 81.8 Å². The van der Waals surface area contributed by atoms with E-state index in [9.17, 15) is 4.79 Å². The molecule has 36 heavy (non-hydrogen) atoms. The lowest BCUT2D eigenvalue weighted by Crippen LogP contribution is -2.36. The minimum absolute atomic E-state index is 0.139. The number of carbonyl (C=O) groups excluding carboxylic acids is 1. The van der Waals surface area contributed by atoms with E-state index >= 15 is 0 Å². The van der Waals surface area contributed by atoms with Gasteiger partial charge in [-0.2, -0.15) is 5.10 Å². The Morgan fingerprint density at radius 2 is 1.75 bits per heavy atom. The quantitative estimate of drug-likeness (QED) is 0.480. The maximum Gasteiger partial charge on any atom is 0.219 e. The van der Waals surface area contributed by atoms with Gasteiger partial charge in [0, 0.05) is 38.1 Å². The van der Waals surface area contributed by atoms with Gasteiger partial charge >= 0.3 is 0 Å². The maximum atomic E-state index is 11.8. The number of ether oxygens (including phenoxy) is 2. The van der Waals surface area contributed by atoms with Crippen LogP contribution in [-0.2, 0) is 9.53 Å². The van der Waals surface area contributed by atoms with Gasteiger partial charge in [-0.1, -0.05) is 17.7 Å². The first-order valence-electron chi connectivity index (χ1n) is 13.0. The normalized spacial score (nSPS) is 18.6. The second-order valence-electron chi connectivity index (χ2n) is 10.2. The zero-order chi connectivity index (χ0) is 25.2. The monoisotopic (exact) mass is 488 g/mol. The van der Waals surface area contributed by atoms with Gasteiger partial charge in [0.25, 0.3) is 0 Å². The summed E-state index contributed by atoms with van der Waals surface area (Å²) in [6.45, 7) is 10.9. The van der Waals surface area contributed by atoms with E-state index < -0.39 is 0 Å². The first-order chi connectivity index (χ1) is 17.4. The van der Waals surface area contributed by atoms with E-state index in [0.717, 1.165) is 74.0 Å². The van der Waals surface area contributed by atoms with E-state index in [1.165, 1.54) is 16.7 Å². The van der Waals surface area contributed by atoms with Crippen LogP contribution in [0.3, 0.4) is 0 Å². The Kier molecular flexibility index (Phi) is 7.10. The number of hydrogen-bond donors (Lipinski definition) is 0. The zero-order valence-electron chi connectivity index (χ0n) is 21.8. The van der Waals surface area contributed by atoms with Crippen LogP contribution < -0.4 is 4.74 Å². The van der Waals surface area contributed by atoms with Crippen molar-refractivity contribution in [2.75, 3.05) is 26.3 Å². The van der Waals surface area contributed by atoms with E-state index in [-0.39, 0.29) is 17.9 Å². The summed E-state index contributed by atoms with van der Waals surface area (Å²) in [6, 6.07) is 12.5. The smallest absolute Gasteiger partial charge is 0.219 e. The van der Waals surface area contributed by atoms with E-state index in [4.69, 9.17) is 19.6 Å². The number of aromatic nitrogens is 3. The van der Waals surface area contributed by atoms with Gasteiger partial charge in [0.05, 0.1) is 11.8 Å². The molecule has 0 spiro atoms. The third-order valence-electron chi connectivity index (χ3n) is 7.35. The molecule has 1 aromatic heterocycles. The molecule has 5 rings (SSSR count). The summed E-state index contributed by atoms with van der Waals surface area (Å²) in [5.74, 6) is 2.90. The standard InChI is InChI=1S/C29H36N4O3/c1-19-16-20(2)27(21(3)17-19)33-29(30-28(31-33)23-11-13-32(14-12-23)22(4)34)24-7-9-25(10-8-24)36-18-26-6-5-15-35-26/h7-10,16-17,23,26H,5-6,11-15,18H2,1-4H3. The van der Waals surface area contributed by atoms with Crippen molar-refractivity contribution < 1.29 is 14.3 Å². The van der Waals surface area contributed by atoms with Crippen LogP contribution in [0.25, 0.3) is 17.1 Å². The lowest BCUT2D eigenvalue weighted by Gasteiger charge is -2.29. The molecule has 3 heterocycles. The van der Waals surface area contributed by atoms with Crippen LogP contribution in [0.4, 0.5) is 0 Å². The van der Waals surface area contributed by atoms with Crippen molar-refractivity contribution in [3.8, 4) is 22.8 Å². The fourth-order valence-electron chi connectivity index (χ4n) is 5.47. The predicted molar refractivity (Wildman–Crippen MR) is 140 cm³/mol. The molecule has 190 valence electrons. The summed E-state index contributed by atoms with van der Waals surface area (Å²) in [5, 5.41) is 5.07. The van der Waals surface area contributed by atoms with Crippen molar-refractivity contribution in [3.63, 3.8) is 0 Å². The first-order valence-corrected chi connectivity index (χ1v) is 13.0. The van der Waals surface area contributed by atoms with Gasteiger partial charge in [0.2, 0.25) is 5.91 Å². The molecule has 7 nitrogen and oxygen atoms in total. The van der Waals surface area contributed by atoms with Crippen LogP contribution >= 0.6 is 0 Å². The number of likely N-dealkylation sites (tertiary alicyclic amines) is 1. The van der Waals surface area contributed by atoms with E-state index in [0.29, 0.717) is 6.61 Å². The molecule has 1 atom stereocenters. The highest BCUT2D eigenvalue weighted by Crippen LogP contribution is 2.32. The Morgan fingerprint density at radius 1 is 1.06 bits per heavy atom. The van der Waals surface area contributed by atoms with Crippen molar-refractivity contribution in [2.45, 2.75) is 65.4 Å².